The zero-order valence-corrected chi connectivity index (χ0v) is 29.1. The van der Waals surface area contributed by atoms with Crippen LogP contribution in [-0.4, -0.2) is 0 Å². The third-order valence-electron chi connectivity index (χ3n) is 9.73. The summed E-state index contributed by atoms with van der Waals surface area (Å²) in [6.07, 6.45) is 0. The summed E-state index contributed by atoms with van der Waals surface area (Å²) in [5.74, 6) is 0. The molecule has 0 atom stereocenters. The maximum atomic E-state index is 9.80. The average molecular weight is 715 g/mol. The Morgan fingerprint density at radius 2 is 0.891 bits per heavy atom. The second-order valence-electron chi connectivity index (χ2n) is 12.9. The van der Waals surface area contributed by atoms with Crippen molar-refractivity contribution < 1.29 is 20.6 Å². The van der Waals surface area contributed by atoms with E-state index in [9.17, 15) is 12.3 Å². The van der Waals surface area contributed by atoms with Gasteiger partial charge in [0.15, 0.2) is 0 Å². The number of nitrogens with zero attached hydrogens (tertiary/aromatic N) is 1. The Labute approximate surface area is 343 Å². The van der Waals surface area contributed by atoms with Crippen LogP contribution in [-0.2, 0) is 0 Å². The quantitative estimate of drug-likeness (QED) is 0.159. The molecule has 10 aromatic rings. The Balaban J connectivity index is 1.28. The maximum absolute atomic E-state index is 9.80. The maximum Gasteiger partial charge on any atom is 0.0645 e. The first-order valence-electron chi connectivity index (χ1n) is 25.2. The van der Waals surface area contributed by atoms with Crippen LogP contribution in [0.2, 0.25) is 0 Å². The van der Waals surface area contributed by atoms with Gasteiger partial charge in [-0.1, -0.05) is 194 Å². The van der Waals surface area contributed by atoms with Crippen LogP contribution in [0.3, 0.4) is 0 Å². The van der Waals surface area contributed by atoms with Crippen molar-refractivity contribution in [3.8, 4) is 44.5 Å². The lowest BCUT2D eigenvalue weighted by Gasteiger charge is -2.27. The minimum absolute atomic E-state index is 0.114. The van der Waals surface area contributed by atoms with E-state index in [0.717, 1.165) is 37.7 Å². The third-order valence-corrected chi connectivity index (χ3v) is 9.73. The minimum Gasteiger partial charge on any atom is -0.310 e. The third kappa shape index (κ3) is 6.02. The van der Waals surface area contributed by atoms with Gasteiger partial charge < -0.3 is 4.90 Å². The predicted octanol–water partition coefficient (Wildman–Crippen LogP) is 15.3. The first-order valence-corrected chi connectivity index (χ1v) is 17.7. The summed E-state index contributed by atoms with van der Waals surface area (Å²) in [5.41, 5.74) is 1.47. The topological polar surface area (TPSA) is 3.24 Å². The van der Waals surface area contributed by atoms with Gasteiger partial charge in [0.1, 0.15) is 0 Å². The highest BCUT2D eigenvalue weighted by Gasteiger charge is 2.18. The van der Waals surface area contributed by atoms with Crippen LogP contribution < -0.4 is 4.90 Å². The van der Waals surface area contributed by atoms with Crippen molar-refractivity contribution >= 4 is 49.4 Å². The van der Waals surface area contributed by atoms with Crippen molar-refractivity contribution in [3.05, 3.63) is 224 Å². The van der Waals surface area contributed by atoms with Crippen molar-refractivity contribution in [3.63, 3.8) is 0 Å². The highest BCUT2D eigenvalue weighted by atomic mass is 15.1. The summed E-state index contributed by atoms with van der Waals surface area (Å²) in [6, 6.07) is 30.0. The van der Waals surface area contributed by atoms with Gasteiger partial charge in [-0.2, -0.15) is 0 Å². The van der Waals surface area contributed by atoms with Gasteiger partial charge >= 0.3 is 0 Å². The largest absolute Gasteiger partial charge is 0.310 e. The molecule has 10 aromatic carbocycles. The van der Waals surface area contributed by atoms with Gasteiger partial charge in [-0.25, -0.2) is 0 Å². The van der Waals surface area contributed by atoms with E-state index in [0.29, 0.717) is 22.1 Å². The van der Waals surface area contributed by atoms with Crippen LogP contribution in [0.25, 0.3) is 76.8 Å². The number of benzene rings is 10. The molecule has 0 saturated heterocycles. The average Bonchev–Trinajstić information content (AvgIpc) is 3.38. The van der Waals surface area contributed by atoms with E-state index >= 15 is 0 Å². The molecule has 1 heteroatoms. The van der Waals surface area contributed by atoms with E-state index in [1.807, 2.05) is 97.1 Å². The van der Waals surface area contributed by atoms with Gasteiger partial charge in [-0.15, -0.1) is 0 Å². The van der Waals surface area contributed by atoms with E-state index in [-0.39, 0.29) is 11.1 Å². The highest BCUT2D eigenvalue weighted by Crippen LogP contribution is 2.43. The van der Waals surface area contributed by atoms with Gasteiger partial charge in [0.2, 0.25) is 0 Å². The lowest BCUT2D eigenvalue weighted by Crippen LogP contribution is -2.10. The number of hydrogen-bond acceptors (Lipinski definition) is 1. The van der Waals surface area contributed by atoms with Crippen LogP contribution in [0, 0.1) is 0 Å². The highest BCUT2D eigenvalue weighted by molar-refractivity contribution is 6.05. The van der Waals surface area contributed by atoms with Crippen molar-refractivity contribution in [2.24, 2.45) is 0 Å². The molecule has 0 aromatic heterocycles. The molecule has 1 nitrogen and oxygen atoms in total. The Bertz CT molecular complexity index is 3770. The Morgan fingerprint density at radius 1 is 0.309 bits per heavy atom. The summed E-state index contributed by atoms with van der Waals surface area (Å²) in [4.78, 5) is 0.780. The fourth-order valence-corrected chi connectivity index (χ4v) is 7.10. The standard InChI is InChI=1S/C54H37N/c1-2-12-42(13-3-1)52-37-32-43-16-6-9-21-51(43)54(52)45-30-35-47(36-31-45)55(53-23-11-18-41-15-5-8-20-50(41)53)46-33-28-39(29-34-46)38-24-26-44(27-25-38)49-22-10-17-40-14-4-7-19-48(40)49/h1-37H/i5D,8D,11D,15D,18D,20D,23D,28D,29D,30D,31D,33D,34D,35D,36D. The SMILES string of the molecule is [2H]c1c([2H])c(N(c2c([2H])c([2H])c(-c3c(-c4ccccc4)ccc4ccccc34)c([2H])c2[2H])c2c([2H])c([2H])c([2H])c3c([2H])c([2H])c([2H])c([2H])c23)c([2H])c([2H])c1-c1ccc(-c2cccc3ccccc23)cc1. The fourth-order valence-electron chi connectivity index (χ4n) is 7.10. The molecular formula is C54H37N. The smallest absolute Gasteiger partial charge is 0.0645 e. The summed E-state index contributed by atoms with van der Waals surface area (Å²) in [7, 11) is 0. The van der Waals surface area contributed by atoms with Gasteiger partial charge in [-0.3, -0.25) is 0 Å². The van der Waals surface area contributed by atoms with E-state index in [2.05, 4.69) is 0 Å². The van der Waals surface area contributed by atoms with Gasteiger partial charge in [0, 0.05) is 16.8 Å². The van der Waals surface area contributed by atoms with Crippen LogP contribution in [0.1, 0.15) is 20.6 Å². The summed E-state index contributed by atoms with van der Waals surface area (Å²) in [5, 5.41) is 2.32. The number of fused-ring (bicyclic) bond motifs is 3. The predicted molar refractivity (Wildman–Crippen MR) is 235 cm³/mol. The molecule has 0 aliphatic heterocycles. The van der Waals surface area contributed by atoms with Crippen LogP contribution in [0.5, 0.6) is 0 Å². The molecule has 55 heavy (non-hydrogen) atoms. The zero-order chi connectivity index (χ0) is 49.6. The lowest BCUT2D eigenvalue weighted by molar-refractivity contribution is 1.30. The molecule has 10 rings (SSSR count). The number of hydrogen-bond donors (Lipinski definition) is 0. The lowest BCUT2D eigenvalue weighted by atomic mass is 9.89. The molecule has 0 saturated carbocycles. The van der Waals surface area contributed by atoms with E-state index < -0.39 is 118 Å². The molecule has 0 amide bonds. The minimum atomic E-state index is -0.867. The summed E-state index contributed by atoms with van der Waals surface area (Å²) < 4.78 is 140. The van der Waals surface area contributed by atoms with Crippen LogP contribution in [0.4, 0.5) is 17.1 Å². The summed E-state index contributed by atoms with van der Waals surface area (Å²) in [6.45, 7) is 0. The van der Waals surface area contributed by atoms with Crippen molar-refractivity contribution in [1.29, 1.82) is 0 Å². The zero-order valence-electron chi connectivity index (χ0n) is 44.1. The van der Waals surface area contributed by atoms with E-state index in [1.165, 1.54) is 0 Å². The molecule has 0 fully saturated rings. The Kier molecular flexibility index (Phi) is 5.15. The second-order valence-corrected chi connectivity index (χ2v) is 12.9. The summed E-state index contributed by atoms with van der Waals surface area (Å²) >= 11 is 0. The molecule has 0 N–H and O–H groups in total. The van der Waals surface area contributed by atoms with Crippen LogP contribution in [0.15, 0.2) is 224 Å². The van der Waals surface area contributed by atoms with Gasteiger partial charge in [0.25, 0.3) is 0 Å². The molecular weight excluding hydrogens is 663 g/mol. The van der Waals surface area contributed by atoms with Crippen molar-refractivity contribution in [1.82, 2.24) is 0 Å². The molecule has 0 heterocycles. The number of anilines is 3. The number of rotatable bonds is 7. The van der Waals surface area contributed by atoms with E-state index in [1.54, 1.807) is 36.4 Å². The first kappa shape index (κ1) is 20.3. The van der Waals surface area contributed by atoms with E-state index in [4.69, 9.17) is 8.22 Å². The Morgan fingerprint density at radius 3 is 1.65 bits per heavy atom. The van der Waals surface area contributed by atoms with Crippen molar-refractivity contribution in [2.45, 2.75) is 0 Å². The normalized spacial score (nSPS) is 15.1. The first-order chi connectivity index (χ1) is 33.5. The molecule has 0 aliphatic rings. The van der Waals surface area contributed by atoms with Crippen LogP contribution >= 0.6 is 0 Å². The molecule has 0 unspecified atom stereocenters. The van der Waals surface area contributed by atoms with Gasteiger partial charge in [0.05, 0.1) is 26.2 Å². The monoisotopic (exact) mass is 714 g/mol. The fraction of sp³-hybridized carbons (Fsp3) is 0. The second kappa shape index (κ2) is 14.0. The van der Waals surface area contributed by atoms with Crippen molar-refractivity contribution in [2.75, 3.05) is 4.90 Å². The molecule has 0 bridgehead atoms. The molecule has 0 aliphatic carbocycles. The molecule has 258 valence electrons. The molecule has 0 radical (unpaired) electrons. The van der Waals surface area contributed by atoms with Gasteiger partial charge in [-0.05, 0) is 102 Å². The molecule has 0 spiro atoms. The Hall–Kier alpha value is -7.22.